The van der Waals surface area contributed by atoms with Crippen LogP contribution < -0.4 is 11.1 Å². The number of nitrogens with zero attached hydrogens (tertiary/aromatic N) is 1. The fourth-order valence-electron chi connectivity index (χ4n) is 2.05. The lowest BCUT2D eigenvalue weighted by molar-refractivity contribution is 0.0314. The second kappa shape index (κ2) is 6.47. The van der Waals surface area contributed by atoms with Crippen LogP contribution in [0.4, 0.5) is 5.69 Å². The van der Waals surface area contributed by atoms with E-state index in [2.05, 4.69) is 10.3 Å². The van der Waals surface area contributed by atoms with Crippen molar-refractivity contribution in [1.29, 1.82) is 0 Å². The summed E-state index contributed by atoms with van der Waals surface area (Å²) in [6.07, 6.45) is 5.77. The summed E-state index contributed by atoms with van der Waals surface area (Å²) in [5.41, 5.74) is 6.70. The summed E-state index contributed by atoms with van der Waals surface area (Å²) in [4.78, 5) is 15.8. The summed E-state index contributed by atoms with van der Waals surface area (Å²) in [6, 6.07) is 1.64. The SMILES string of the molecule is Nc1ccncc1C(=O)CCOC1CCNCC1. The first-order valence-electron chi connectivity index (χ1n) is 6.32. The topological polar surface area (TPSA) is 77.2 Å². The third kappa shape index (κ3) is 3.51. The number of hydrogen-bond acceptors (Lipinski definition) is 5. The minimum absolute atomic E-state index is 0.00506. The molecule has 0 aromatic carbocycles. The van der Waals surface area contributed by atoms with Gasteiger partial charge in [-0.25, -0.2) is 0 Å². The molecule has 1 aliphatic rings. The van der Waals surface area contributed by atoms with Crippen molar-refractivity contribution >= 4 is 11.5 Å². The Bertz CT molecular complexity index is 403. The van der Waals surface area contributed by atoms with Crippen LogP contribution in [0.1, 0.15) is 29.6 Å². The highest BCUT2D eigenvalue weighted by Gasteiger charge is 2.15. The Morgan fingerprint density at radius 1 is 1.50 bits per heavy atom. The van der Waals surface area contributed by atoms with E-state index in [1.807, 2.05) is 0 Å². The van der Waals surface area contributed by atoms with Crippen LogP contribution in [-0.2, 0) is 4.74 Å². The average molecular weight is 249 g/mol. The van der Waals surface area contributed by atoms with E-state index in [-0.39, 0.29) is 11.9 Å². The van der Waals surface area contributed by atoms with Crippen molar-refractivity contribution in [3.8, 4) is 0 Å². The third-order valence-corrected chi connectivity index (χ3v) is 3.12. The van der Waals surface area contributed by atoms with Gasteiger partial charge >= 0.3 is 0 Å². The Labute approximate surface area is 107 Å². The van der Waals surface area contributed by atoms with E-state index < -0.39 is 0 Å². The predicted molar refractivity (Wildman–Crippen MR) is 69.4 cm³/mol. The number of aromatic nitrogens is 1. The molecule has 18 heavy (non-hydrogen) atoms. The molecule has 1 aromatic rings. The van der Waals surface area contributed by atoms with Crippen LogP contribution in [0.15, 0.2) is 18.5 Å². The standard InChI is InChI=1S/C13H19N3O2/c14-12-3-7-16-9-11(12)13(17)4-8-18-10-1-5-15-6-2-10/h3,7,9-10,15H,1-2,4-6,8H2,(H2,14,16). The van der Waals surface area contributed by atoms with Crippen molar-refractivity contribution < 1.29 is 9.53 Å². The van der Waals surface area contributed by atoms with Crippen LogP contribution in [-0.4, -0.2) is 36.6 Å². The van der Waals surface area contributed by atoms with E-state index in [4.69, 9.17) is 10.5 Å². The second-order valence-corrected chi connectivity index (χ2v) is 4.46. The molecule has 98 valence electrons. The number of carbonyl (C=O) groups is 1. The molecular formula is C13H19N3O2. The Morgan fingerprint density at radius 3 is 3.00 bits per heavy atom. The number of ketones is 1. The molecule has 0 saturated carbocycles. The quantitative estimate of drug-likeness (QED) is 0.761. The fourth-order valence-corrected chi connectivity index (χ4v) is 2.05. The normalized spacial score (nSPS) is 16.7. The minimum atomic E-state index is -0.00506. The van der Waals surface area contributed by atoms with Crippen LogP contribution >= 0.6 is 0 Å². The molecule has 1 saturated heterocycles. The summed E-state index contributed by atoms with van der Waals surface area (Å²) in [6.45, 7) is 2.44. The zero-order valence-corrected chi connectivity index (χ0v) is 10.4. The summed E-state index contributed by atoms with van der Waals surface area (Å²) >= 11 is 0. The number of nitrogens with two attached hydrogens (primary N) is 1. The molecule has 0 aliphatic carbocycles. The number of ether oxygens (including phenoxy) is 1. The fraction of sp³-hybridized carbons (Fsp3) is 0.538. The lowest BCUT2D eigenvalue weighted by Crippen LogP contribution is -2.32. The summed E-state index contributed by atoms with van der Waals surface area (Å²) in [5, 5.41) is 3.28. The Morgan fingerprint density at radius 2 is 2.28 bits per heavy atom. The Balaban J connectivity index is 1.76. The Kier molecular flexibility index (Phi) is 4.66. The molecule has 0 spiro atoms. The van der Waals surface area contributed by atoms with Crippen molar-refractivity contribution in [2.45, 2.75) is 25.4 Å². The highest BCUT2D eigenvalue weighted by molar-refractivity contribution is 6.00. The van der Waals surface area contributed by atoms with Gasteiger partial charge in [0.05, 0.1) is 18.3 Å². The number of rotatable bonds is 5. The van der Waals surface area contributed by atoms with Gasteiger partial charge in [-0.1, -0.05) is 0 Å². The molecule has 2 heterocycles. The number of piperidine rings is 1. The molecule has 5 heteroatoms. The molecule has 0 amide bonds. The van der Waals surface area contributed by atoms with Crippen LogP contribution in [0.2, 0.25) is 0 Å². The van der Waals surface area contributed by atoms with Gasteiger partial charge in [-0.05, 0) is 32.0 Å². The number of pyridine rings is 1. The van der Waals surface area contributed by atoms with Gasteiger partial charge in [-0.15, -0.1) is 0 Å². The largest absolute Gasteiger partial charge is 0.398 e. The lowest BCUT2D eigenvalue weighted by Gasteiger charge is -2.22. The van der Waals surface area contributed by atoms with Gasteiger partial charge in [-0.2, -0.15) is 0 Å². The van der Waals surface area contributed by atoms with Crippen LogP contribution in [0.3, 0.4) is 0 Å². The Hall–Kier alpha value is -1.46. The predicted octanol–water partition coefficient (Wildman–Crippen LogP) is 1.01. The van der Waals surface area contributed by atoms with E-state index in [1.54, 1.807) is 12.3 Å². The molecule has 0 unspecified atom stereocenters. The lowest BCUT2D eigenvalue weighted by atomic mass is 10.1. The molecule has 1 aliphatic heterocycles. The highest BCUT2D eigenvalue weighted by Crippen LogP contribution is 2.13. The van der Waals surface area contributed by atoms with Crippen LogP contribution in [0.5, 0.6) is 0 Å². The number of nitrogens with one attached hydrogen (secondary N) is 1. The van der Waals surface area contributed by atoms with E-state index in [0.717, 1.165) is 25.9 Å². The monoisotopic (exact) mass is 249 g/mol. The van der Waals surface area contributed by atoms with E-state index in [1.165, 1.54) is 6.20 Å². The highest BCUT2D eigenvalue weighted by atomic mass is 16.5. The maximum atomic E-state index is 11.9. The van der Waals surface area contributed by atoms with Gasteiger partial charge in [0.15, 0.2) is 5.78 Å². The van der Waals surface area contributed by atoms with Gasteiger partial charge in [-0.3, -0.25) is 9.78 Å². The van der Waals surface area contributed by atoms with Crippen LogP contribution in [0, 0.1) is 0 Å². The van der Waals surface area contributed by atoms with Gasteiger partial charge < -0.3 is 15.8 Å². The molecule has 1 aromatic heterocycles. The summed E-state index contributed by atoms with van der Waals surface area (Å²) in [7, 11) is 0. The van der Waals surface area contributed by atoms with Crippen molar-refractivity contribution in [2.24, 2.45) is 0 Å². The van der Waals surface area contributed by atoms with E-state index in [9.17, 15) is 4.79 Å². The molecule has 5 nitrogen and oxygen atoms in total. The summed E-state index contributed by atoms with van der Waals surface area (Å²) in [5.74, 6) is -0.00506. The number of carbonyl (C=O) groups excluding carboxylic acids is 1. The molecule has 2 rings (SSSR count). The number of nitrogen functional groups attached to an aromatic ring is 1. The van der Waals surface area contributed by atoms with Crippen molar-refractivity contribution in [2.75, 3.05) is 25.4 Å². The van der Waals surface area contributed by atoms with Gasteiger partial charge in [0, 0.05) is 24.5 Å². The maximum Gasteiger partial charge on any atom is 0.168 e. The average Bonchev–Trinajstić information content (AvgIpc) is 2.40. The second-order valence-electron chi connectivity index (χ2n) is 4.46. The molecule has 1 fully saturated rings. The van der Waals surface area contributed by atoms with Gasteiger partial charge in [0.2, 0.25) is 0 Å². The maximum absolute atomic E-state index is 11.9. The smallest absolute Gasteiger partial charge is 0.168 e. The van der Waals surface area contributed by atoms with E-state index in [0.29, 0.717) is 24.3 Å². The zero-order chi connectivity index (χ0) is 12.8. The molecular weight excluding hydrogens is 230 g/mol. The van der Waals surface area contributed by atoms with Crippen molar-refractivity contribution in [3.05, 3.63) is 24.0 Å². The molecule has 3 N–H and O–H groups in total. The van der Waals surface area contributed by atoms with E-state index >= 15 is 0 Å². The molecule has 0 radical (unpaired) electrons. The van der Waals surface area contributed by atoms with Gasteiger partial charge in [0.25, 0.3) is 0 Å². The number of hydrogen-bond donors (Lipinski definition) is 2. The first kappa shape index (κ1) is 13.0. The number of Topliss-reactive ketones (excluding diaryl/α,β-unsaturated/α-hetero) is 1. The minimum Gasteiger partial charge on any atom is -0.398 e. The molecule has 0 atom stereocenters. The summed E-state index contributed by atoms with van der Waals surface area (Å²) < 4.78 is 5.69. The van der Waals surface area contributed by atoms with Crippen molar-refractivity contribution in [1.82, 2.24) is 10.3 Å². The van der Waals surface area contributed by atoms with Gasteiger partial charge in [0.1, 0.15) is 0 Å². The third-order valence-electron chi connectivity index (χ3n) is 3.12. The van der Waals surface area contributed by atoms with Crippen molar-refractivity contribution in [3.63, 3.8) is 0 Å². The first-order valence-corrected chi connectivity index (χ1v) is 6.32. The van der Waals surface area contributed by atoms with Crippen LogP contribution in [0.25, 0.3) is 0 Å². The molecule has 0 bridgehead atoms. The number of anilines is 1. The zero-order valence-electron chi connectivity index (χ0n) is 10.4. The first-order chi connectivity index (χ1) is 8.77.